The first-order valence-corrected chi connectivity index (χ1v) is 8.76. The van der Waals surface area contributed by atoms with Gasteiger partial charge in [-0.2, -0.15) is 0 Å². The average molecular weight is 370 g/mol. The molecule has 1 atom stereocenters. The summed E-state index contributed by atoms with van der Waals surface area (Å²) in [5, 5.41) is 10.9. The molecule has 25 heavy (non-hydrogen) atoms. The summed E-state index contributed by atoms with van der Waals surface area (Å²) in [5.74, 6) is -0.183. The van der Waals surface area contributed by atoms with Crippen molar-refractivity contribution in [2.75, 3.05) is 0 Å². The summed E-state index contributed by atoms with van der Waals surface area (Å²) in [5.41, 5.74) is 1.58. The lowest BCUT2D eigenvalue weighted by atomic mass is 10.1. The van der Waals surface area contributed by atoms with Gasteiger partial charge in [-0.3, -0.25) is 19.8 Å². The highest BCUT2D eigenvalue weighted by Crippen LogP contribution is 2.38. The van der Waals surface area contributed by atoms with Crippen molar-refractivity contribution in [1.82, 2.24) is 4.90 Å². The number of non-ortho nitro benzene ring substituents is 1. The number of nitro groups is 1. The molecule has 126 valence electrons. The highest BCUT2D eigenvalue weighted by atomic mass is 32.2. The number of amides is 1. The summed E-state index contributed by atoms with van der Waals surface area (Å²) in [6.45, 7) is 1.93. The quantitative estimate of drug-likeness (QED) is 0.342. The zero-order valence-electron chi connectivity index (χ0n) is 13.3. The van der Waals surface area contributed by atoms with Crippen LogP contribution in [0.3, 0.4) is 0 Å². The molecule has 1 saturated heterocycles. The molecule has 2 aromatic rings. The molecule has 1 unspecified atom stereocenters. The fourth-order valence-corrected chi connectivity index (χ4v) is 3.99. The minimum Gasteiger partial charge on any atom is -0.286 e. The Hall–Kier alpha value is -2.51. The number of thioether (sulfide) groups is 1. The summed E-state index contributed by atoms with van der Waals surface area (Å²) >= 11 is 6.59. The second-order valence-corrected chi connectivity index (χ2v) is 7.17. The van der Waals surface area contributed by atoms with Crippen LogP contribution >= 0.6 is 24.0 Å². The second kappa shape index (κ2) is 7.16. The molecule has 0 aliphatic carbocycles. The van der Waals surface area contributed by atoms with Crippen LogP contribution in [0.15, 0.2) is 59.5 Å². The van der Waals surface area contributed by atoms with Crippen LogP contribution < -0.4 is 0 Å². The van der Waals surface area contributed by atoms with E-state index in [1.165, 1.54) is 23.9 Å². The number of rotatable bonds is 4. The number of carbonyl (C=O) groups is 1. The maximum absolute atomic E-state index is 12.8. The molecule has 1 amide bonds. The van der Waals surface area contributed by atoms with Gasteiger partial charge in [0.1, 0.15) is 4.32 Å². The van der Waals surface area contributed by atoms with Crippen molar-refractivity contribution in [3.63, 3.8) is 0 Å². The Morgan fingerprint density at radius 2 is 1.92 bits per heavy atom. The van der Waals surface area contributed by atoms with E-state index in [-0.39, 0.29) is 17.6 Å². The largest absolute Gasteiger partial charge is 0.286 e. The molecule has 0 radical (unpaired) electrons. The van der Waals surface area contributed by atoms with Crippen molar-refractivity contribution in [3.8, 4) is 0 Å². The Morgan fingerprint density at radius 1 is 1.20 bits per heavy atom. The van der Waals surface area contributed by atoms with Gasteiger partial charge in [-0.25, -0.2) is 0 Å². The smallest absolute Gasteiger partial charge is 0.270 e. The summed E-state index contributed by atoms with van der Waals surface area (Å²) < 4.78 is 0.484. The maximum Gasteiger partial charge on any atom is 0.270 e. The summed E-state index contributed by atoms with van der Waals surface area (Å²) in [4.78, 5) is 25.2. The highest BCUT2D eigenvalue weighted by molar-refractivity contribution is 8.26. The van der Waals surface area contributed by atoms with Gasteiger partial charge < -0.3 is 0 Å². The first-order chi connectivity index (χ1) is 12.0. The van der Waals surface area contributed by atoms with Crippen LogP contribution in [0.5, 0.6) is 0 Å². The van der Waals surface area contributed by atoms with Gasteiger partial charge in [0, 0.05) is 12.1 Å². The topological polar surface area (TPSA) is 63.5 Å². The van der Waals surface area contributed by atoms with E-state index in [1.807, 2.05) is 37.3 Å². The van der Waals surface area contributed by atoms with Crippen molar-refractivity contribution < 1.29 is 9.72 Å². The fourth-order valence-electron chi connectivity index (χ4n) is 2.57. The molecule has 1 aliphatic rings. The Morgan fingerprint density at radius 3 is 2.60 bits per heavy atom. The van der Waals surface area contributed by atoms with Crippen LogP contribution in [-0.2, 0) is 4.79 Å². The molecule has 2 aromatic carbocycles. The molecule has 0 spiro atoms. The number of hydrogen-bond donors (Lipinski definition) is 0. The number of nitro benzene ring substituents is 1. The van der Waals surface area contributed by atoms with E-state index in [4.69, 9.17) is 12.2 Å². The molecular weight excluding hydrogens is 356 g/mol. The predicted molar refractivity (Wildman–Crippen MR) is 103 cm³/mol. The summed E-state index contributed by atoms with van der Waals surface area (Å²) in [7, 11) is 0. The second-order valence-electron chi connectivity index (χ2n) is 5.49. The third-order valence-electron chi connectivity index (χ3n) is 3.87. The standard InChI is InChI=1S/C18H14N2O3S2/c1-12(14-7-3-2-4-8-14)19-17(21)16(25-18(19)24)11-13-6-5-9-15(10-13)20(22)23/h2-12H,1H3. The molecule has 7 heteroatoms. The van der Waals surface area contributed by atoms with Gasteiger partial charge >= 0.3 is 0 Å². The zero-order chi connectivity index (χ0) is 18.0. The molecule has 3 rings (SSSR count). The first kappa shape index (κ1) is 17.3. The Labute approximate surface area is 154 Å². The molecule has 1 fully saturated rings. The third-order valence-corrected chi connectivity index (χ3v) is 5.20. The Balaban J connectivity index is 1.88. The van der Waals surface area contributed by atoms with E-state index < -0.39 is 4.92 Å². The monoisotopic (exact) mass is 370 g/mol. The van der Waals surface area contributed by atoms with Crippen LogP contribution in [0.2, 0.25) is 0 Å². The number of benzene rings is 2. The molecule has 5 nitrogen and oxygen atoms in total. The molecule has 0 bridgehead atoms. The van der Waals surface area contributed by atoms with Crippen LogP contribution in [0.4, 0.5) is 5.69 Å². The van der Waals surface area contributed by atoms with Crippen molar-refractivity contribution in [1.29, 1.82) is 0 Å². The van der Waals surface area contributed by atoms with E-state index in [0.29, 0.717) is 14.8 Å². The molecule has 0 aromatic heterocycles. The molecule has 0 N–H and O–H groups in total. The van der Waals surface area contributed by atoms with Crippen molar-refractivity contribution in [2.45, 2.75) is 13.0 Å². The van der Waals surface area contributed by atoms with E-state index in [2.05, 4.69) is 0 Å². The summed E-state index contributed by atoms with van der Waals surface area (Å²) in [6.07, 6.45) is 1.64. The summed E-state index contributed by atoms with van der Waals surface area (Å²) in [6, 6.07) is 15.7. The molecular formula is C18H14N2O3S2. The minimum atomic E-state index is -0.458. The number of nitrogens with zero attached hydrogens (tertiary/aromatic N) is 2. The number of thiocarbonyl (C=S) groups is 1. The van der Waals surface area contributed by atoms with E-state index in [1.54, 1.807) is 23.1 Å². The van der Waals surface area contributed by atoms with Crippen molar-refractivity contribution >= 4 is 46.0 Å². The van der Waals surface area contributed by atoms with Crippen LogP contribution in [0.1, 0.15) is 24.1 Å². The van der Waals surface area contributed by atoms with Crippen molar-refractivity contribution in [2.24, 2.45) is 0 Å². The maximum atomic E-state index is 12.8. The number of carbonyl (C=O) groups excluding carboxylic acids is 1. The predicted octanol–water partition coefficient (Wildman–Crippen LogP) is 4.56. The van der Waals surface area contributed by atoms with E-state index in [0.717, 1.165) is 5.56 Å². The molecule has 1 heterocycles. The van der Waals surface area contributed by atoms with Gasteiger partial charge in [-0.1, -0.05) is 66.4 Å². The Bertz CT molecular complexity index is 881. The van der Waals surface area contributed by atoms with Gasteiger partial charge in [0.15, 0.2) is 0 Å². The molecule has 1 aliphatic heterocycles. The lowest BCUT2D eigenvalue weighted by Crippen LogP contribution is -2.30. The SMILES string of the molecule is CC(c1ccccc1)N1C(=O)C(=Cc2cccc([N+](=O)[O-])c2)SC1=S. The average Bonchev–Trinajstić information content (AvgIpc) is 2.89. The van der Waals surface area contributed by atoms with Crippen molar-refractivity contribution in [3.05, 3.63) is 80.7 Å². The zero-order valence-corrected chi connectivity index (χ0v) is 14.9. The van der Waals surface area contributed by atoms with Crippen LogP contribution in [-0.4, -0.2) is 20.1 Å². The fraction of sp³-hybridized carbons (Fsp3) is 0.111. The van der Waals surface area contributed by atoms with Crippen LogP contribution in [0.25, 0.3) is 6.08 Å². The van der Waals surface area contributed by atoms with Gasteiger partial charge in [0.25, 0.3) is 11.6 Å². The lowest BCUT2D eigenvalue weighted by molar-refractivity contribution is -0.384. The minimum absolute atomic E-state index is 0.0121. The lowest BCUT2D eigenvalue weighted by Gasteiger charge is -2.23. The first-order valence-electron chi connectivity index (χ1n) is 7.54. The number of hydrogen-bond acceptors (Lipinski definition) is 5. The third kappa shape index (κ3) is 3.62. The highest BCUT2D eigenvalue weighted by Gasteiger charge is 2.35. The normalized spacial score (nSPS) is 17.2. The van der Waals surface area contributed by atoms with Gasteiger partial charge in [-0.15, -0.1) is 0 Å². The van der Waals surface area contributed by atoms with Gasteiger partial charge in [-0.05, 0) is 24.1 Å². The van der Waals surface area contributed by atoms with Gasteiger partial charge in [0.2, 0.25) is 0 Å². The van der Waals surface area contributed by atoms with E-state index >= 15 is 0 Å². The Kier molecular flexibility index (Phi) is 4.96. The van der Waals surface area contributed by atoms with E-state index in [9.17, 15) is 14.9 Å². The molecule has 0 saturated carbocycles. The van der Waals surface area contributed by atoms with Crippen LogP contribution in [0, 0.1) is 10.1 Å². The van der Waals surface area contributed by atoms with Gasteiger partial charge in [0.05, 0.1) is 15.9 Å².